The van der Waals surface area contributed by atoms with Gasteiger partial charge in [0, 0.05) is 18.3 Å². The minimum absolute atomic E-state index is 0.247. The number of rotatable bonds is 5. The predicted molar refractivity (Wildman–Crippen MR) is 105 cm³/mol. The van der Waals surface area contributed by atoms with Crippen LogP contribution in [-0.4, -0.2) is 14.9 Å². The fraction of sp³-hybridized carbons (Fsp3) is 0.111. The summed E-state index contributed by atoms with van der Waals surface area (Å²) in [5.74, 6) is 0.339. The van der Waals surface area contributed by atoms with Crippen molar-refractivity contribution >= 4 is 39.1 Å². The van der Waals surface area contributed by atoms with E-state index < -0.39 is 0 Å². The van der Waals surface area contributed by atoms with Crippen molar-refractivity contribution in [3.8, 4) is 0 Å². The number of aromatic nitrogens is 2. The smallest absolute Gasteiger partial charge is 0.172 e. The van der Waals surface area contributed by atoms with Gasteiger partial charge in [0.1, 0.15) is 5.82 Å². The van der Waals surface area contributed by atoms with Crippen molar-refractivity contribution in [3.63, 3.8) is 0 Å². The molecule has 0 bridgehead atoms. The highest BCUT2D eigenvalue weighted by atomic mass is 79.9. The van der Waals surface area contributed by atoms with Crippen LogP contribution in [0.15, 0.2) is 65.3 Å². The third-order valence-corrected chi connectivity index (χ3v) is 4.36. The van der Waals surface area contributed by atoms with Crippen LogP contribution in [0.2, 0.25) is 0 Å². The van der Waals surface area contributed by atoms with Crippen molar-refractivity contribution in [3.05, 3.63) is 82.2 Å². The highest BCUT2D eigenvalue weighted by Crippen LogP contribution is 2.21. The van der Waals surface area contributed by atoms with Gasteiger partial charge in [-0.25, -0.2) is 4.39 Å². The van der Waals surface area contributed by atoms with Gasteiger partial charge < -0.3 is 10.6 Å². The molecule has 3 aromatic rings. The number of halogens is 2. The van der Waals surface area contributed by atoms with E-state index in [0.29, 0.717) is 29.6 Å². The average Bonchev–Trinajstić information content (AvgIpc) is 2.95. The number of hydrogen-bond donors (Lipinski definition) is 2. The maximum Gasteiger partial charge on any atom is 0.172 e. The van der Waals surface area contributed by atoms with Crippen LogP contribution in [0.25, 0.3) is 0 Å². The first-order valence-corrected chi connectivity index (χ1v) is 8.87. The zero-order valence-electron chi connectivity index (χ0n) is 13.2. The molecule has 0 unspecified atom stereocenters. The molecular weight excluding hydrogens is 403 g/mol. The molecule has 25 heavy (non-hydrogen) atoms. The molecule has 2 N–H and O–H groups in total. The Labute approximate surface area is 159 Å². The molecule has 1 heterocycles. The zero-order chi connectivity index (χ0) is 17.6. The summed E-state index contributed by atoms with van der Waals surface area (Å²) >= 11 is 8.75. The third-order valence-electron chi connectivity index (χ3n) is 3.54. The molecule has 1 aromatic heterocycles. The molecule has 0 fully saturated rings. The second kappa shape index (κ2) is 8.22. The van der Waals surface area contributed by atoms with Gasteiger partial charge in [-0.2, -0.15) is 5.10 Å². The first-order chi connectivity index (χ1) is 12.1. The molecule has 3 rings (SSSR count). The fourth-order valence-corrected chi connectivity index (χ4v) is 2.88. The molecule has 0 saturated heterocycles. The molecule has 0 aliphatic heterocycles. The van der Waals surface area contributed by atoms with Crippen LogP contribution in [0.3, 0.4) is 0 Å². The van der Waals surface area contributed by atoms with Crippen molar-refractivity contribution < 1.29 is 4.39 Å². The molecule has 0 spiro atoms. The number of anilines is 1. The monoisotopic (exact) mass is 418 g/mol. The Morgan fingerprint density at radius 1 is 1.12 bits per heavy atom. The average molecular weight is 419 g/mol. The molecule has 7 heteroatoms. The molecule has 2 aromatic carbocycles. The lowest BCUT2D eigenvalue weighted by Crippen LogP contribution is -2.28. The van der Waals surface area contributed by atoms with Crippen LogP contribution < -0.4 is 10.6 Å². The lowest BCUT2D eigenvalue weighted by atomic mass is 10.2. The number of nitrogens with zero attached hydrogens (tertiary/aromatic N) is 2. The molecule has 0 aliphatic rings. The molecule has 0 aliphatic carbocycles. The summed E-state index contributed by atoms with van der Waals surface area (Å²) in [7, 11) is 0. The van der Waals surface area contributed by atoms with Crippen molar-refractivity contribution in [1.82, 2.24) is 15.1 Å². The summed E-state index contributed by atoms with van der Waals surface area (Å²) < 4.78 is 16.2. The second-order valence-electron chi connectivity index (χ2n) is 5.41. The minimum atomic E-state index is -0.247. The van der Waals surface area contributed by atoms with Gasteiger partial charge in [0.05, 0.1) is 11.0 Å². The first kappa shape index (κ1) is 17.6. The van der Waals surface area contributed by atoms with E-state index in [1.807, 2.05) is 30.3 Å². The third kappa shape index (κ3) is 4.87. The van der Waals surface area contributed by atoms with E-state index in [-0.39, 0.29) is 5.82 Å². The Hall–Kier alpha value is -2.25. The highest BCUT2D eigenvalue weighted by molar-refractivity contribution is 9.10. The molecule has 128 valence electrons. The standard InChI is InChI=1S/C18H16BrFN4S/c19-15-12-24(11-14-8-4-5-9-16(14)20)23-17(15)22-18(25)21-10-13-6-2-1-3-7-13/h1-9,12H,10-11H2,(H2,21,22,23,25). The van der Waals surface area contributed by atoms with Crippen molar-refractivity contribution in [2.45, 2.75) is 13.1 Å². The van der Waals surface area contributed by atoms with E-state index >= 15 is 0 Å². The van der Waals surface area contributed by atoms with E-state index in [1.165, 1.54) is 6.07 Å². The van der Waals surface area contributed by atoms with Gasteiger partial charge in [-0.1, -0.05) is 48.5 Å². The summed E-state index contributed by atoms with van der Waals surface area (Å²) in [6.45, 7) is 0.970. The quantitative estimate of drug-likeness (QED) is 0.605. The van der Waals surface area contributed by atoms with Crippen molar-refractivity contribution in [2.24, 2.45) is 0 Å². The molecule has 0 radical (unpaired) electrons. The van der Waals surface area contributed by atoms with Crippen LogP contribution in [0.1, 0.15) is 11.1 Å². The SMILES string of the molecule is Fc1ccccc1Cn1cc(Br)c(NC(=S)NCc2ccccc2)n1. The molecule has 0 atom stereocenters. The maximum absolute atomic E-state index is 13.8. The molecule has 4 nitrogen and oxygen atoms in total. The summed E-state index contributed by atoms with van der Waals surface area (Å²) in [6.07, 6.45) is 1.79. The van der Waals surface area contributed by atoms with Crippen LogP contribution in [0.4, 0.5) is 10.2 Å². The van der Waals surface area contributed by atoms with Crippen LogP contribution in [-0.2, 0) is 13.1 Å². The Morgan fingerprint density at radius 2 is 1.84 bits per heavy atom. The number of thiocarbonyl (C=S) groups is 1. The Morgan fingerprint density at radius 3 is 2.60 bits per heavy atom. The largest absolute Gasteiger partial charge is 0.358 e. The Kier molecular flexibility index (Phi) is 5.78. The van der Waals surface area contributed by atoms with Crippen molar-refractivity contribution in [1.29, 1.82) is 0 Å². The van der Waals surface area contributed by atoms with Gasteiger partial charge in [0.25, 0.3) is 0 Å². The van der Waals surface area contributed by atoms with Gasteiger partial charge in [0.15, 0.2) is 10.9 Å². The van der Waals surface area contributed by atoms with E-state index in [4.69, 9.17) is 12.2 Å². The number of hydrogen-bond acceptors (Lipinski definition) is 2. The maximum atomic E-state index is 13.8. The Balaban J connectivity index is 1.60. The number of nitrogens with one attached hydrogen (secondary N) is 2. The van der Waals surface area contributed by atoms with E-state index in [1.54, 1.807) is 29.1 Å². The lowest BCUT2D eigenvalue weighted by molar-refractivity contribution is 0.585. The van der Waals surface area contributed by atoms with Crippen molar-refractivity contribution in [2.75, 3.05) is 5.32 Å². The van der Waals surface area contributed by atoms with Crippen LogP contribution in [0.5, 0.6) is 0 Å². The summed E-state index contributed by atoms with van der Waals surface area (Å²) in [4.78, 5) is 0. The zero-order valence-corrected chi connectivity index (χ0v) is 15.6. The fourth-order valence-electron chi connectivity index (χ4n) is 2.29. The molecule has 0 amide bonds. The van der Waals surface area contributed by atoms with E-state index in [0.717, 1.165) is 10.0 Å². The predicted octanol–water partition coefficient (Wildman–Crippen LogP) is 4.32. The van der Waals surface area contributed by atoms with E-state index in [2.05, 4.69) is 31.7 Å². The summed E-state index contributed by atoms with van der Waals surface area (Å²) in [5, 5.41) is 11.1. The van der Waals surface area contributed by atoms with Gasteiger partial charge >= 0.3 is 0 Å². The topological polar surface area (TPSA) is 41.9 Å². The summed E-state index contributed by atoms with van der Waals surface area (Å²) in [6, 6.07) is 16.6. The van der Waals surface area contributed by atoms with Crippen LogP contribution in [0, 0.1) is 5.82 Å². The van der Waals surface area contributed by atoms with Gasteiger partial charge in [-0.15, -0.1) is 0 Å². The van der Waals surface area contributed by atoms with E-state index in [9.17, 15) is 4.39 Å². The lowest BCUT2D eigenvalue weighted by Gasteiger charge is -2.09. The number of benzene rings is 2. The highest BCUT2D eigenvalue weighted by Gasteiger charge is 2.10. The van der Waals surface area contributed by atoms with Crippen LogP contribution >= 0.6 is 28.1 Å². The van der Waals surface area contributed by atoms with Gasteiger partial charge in [0.2, 0.25) is 0 Å². The normalized spacial score (nSPS) is 10.5. The molecule has 0 saturated carbocycles. The van der Waals surface area contributed by atoms with Gasteiger partial charge in [-0.3, -0.25) is 4.68 Å². The second-order valence-corrected chi connectivity index (χ2v) is 6.67. The first-order valence-electron chi connectivity index (χ1n) is 7.67. The minimum Gasteiger partial charge on any atom is -0.358 e. The molecular formula is C18H16BrFN4S. The van der Waals surface area contributed by atoms with Gasteiger partial charge in [-0.05, 0) is 39.8 Å². The summed E-state index contributed by atoms with van der Waals surface area (Å²) in [5.41, 5.74) is 1.71. The Bertz CT molecular complexity index is 867.